The molecular weight excluding hydrogens is 322 g/mol. The predicted molar refractivity (Wildman–Crippen MR) is 95.4 cm³/mol. The number of amides is 1. The first-order valence-corrected chi connectivity index (χ1v) is 8.58. The van der Waals surface area contributed by atoms with E-state index in [1.54, 1.807) is 24.3 Å². The van der Waals surface area contributed by atoms with Crippen LogP contribution in [0, 0.1) is 0 Å². The number of para-hydroxylation sites is 2. The first-order valence-electron chi connectivity index (χ1n) is 8.20. The number of carbonyl (C=O) groups excluding carboxylic acids is 1. The average molecular weight is 340 g/mol. The van der Waals surface area contributed by atoms with Crippen LogP contribution in [0.5, 0.6) is 0 Å². The molecule has 4 rings (SSSR count). The molecule has 24 heavy (non-hydrogen) atoms. The van der Waals surface area contributed by atoms with Crippen LogP contribution in [0.1, 0.15) is 34.9 Å². The van der Waals surface area contributed by atoms with E-state index < -0.39 is 0 Å². The van der Waals surface area contributed by atoms with E-state index in [4.69, 9.17) is 16.6 Å². The normalized spacial score (nSPS) is 18.0. The number of nitrogens with one attached hydrogen (secondary N) is 1. The molecule has 0 unspecified atom stereocenters. The number of carbonyl (C=O) groups is 1. The topological polar surface area (TPSA) is 49.0 Å². The summed E-state index contributed by atoms with van der Waals surface area (Å²) in [5.74, 6) is 1.29. The maximum atomic E-state index is 12.7. The molecule has 0 radical (unpaired) electrons. The maximum Gasteiger partial charge on any atom is 0.253 e. The fraction of sp³-hybridized carbons (Fsp3) is 0.263. The fourth-order valence-corrected chi connectivity index (χ4v) is 3.45. The van der Waals surface area contributed by atoms with Crippen LogP contribution in [0.2, 0.25) is 5.02 Å². The Bertz CT molecular complexity index is 839. The number of rotatable bonds is 2. The van der Waals surface area contributed by atoms with E-state index in [2.05, 4.69) is 4.98 Å². The highest BCUT2D eigenvalue weighted by atomic mass is 35.5. The molecule has 0 saturated carbocycles. The monoisotopic (exact) mass is 339 g/mol. The van der Waals surface area contributed by atoms with Crippen molar-refractivity contribution in [2.75, 3.05) is 13.1 Å². The number of imidazole rings is 1. The highest BCUT2D eigenvalue weighted by molar-refractivity contribution is 6.30. The Kier molecular flexibility index (Phi) is 3.98. The maximum absolute atomic E-state index is 12.7. The zero-order valence-corrected chi connectivity index (χ0v) is 14.0. The number of benzene rings is 2. The number of aromatic nitrogens is 2. The van der Waals surface area contributed by atoms with E-state index >= 15 is 0 Å². The molecular formula is C19H18ClN3O. The lowest BCUT2D eigenvalue weighted by molar-refractivity contribution is 0.0705. The highest BCUT2D eigenvalue weighted by Gasteiger charge is 2.27. The Morgan fingerprint density at radius 1 is 1.17 bits per heavy atom. The molecule has 1 saturated heterocycles. The van der Waals surface area contributed by atoms with Crippen LogP contribution in [0.3, 0.4) is 0 Å². The summed E-state index contributed by atoms with van der Waals surface area (Å²) in [6.45, 7) is 1.49. The van der Waals surface area contributed by atoms with Crippen molar-refractivity contribution in [1.29, 1.82) is 0 Å². The van der Waals surface area contributed by atoms with Gasteiger partial charge in [0.15, 0.2) is 0 Å². The van der Waals surface area contributed by atoms with Gasteiger partial charge in [-0.3, -0.25) is 4.79 Å². The second kappa shape index (κ2) is 6.29. The summed E-state index contributed by atoms with van der Waals surface area (Å²) in [4.78, 5) is 22.7. The zero-order chi connectivity index (χ0) is 16.5. The molecule has 4 nitrogen and oxygen atoms in total. The third-order valence-corrected chi connectivity index (χ3v) is 4.85. The summed E-state index contributed by atoms with van der Waals surface area (Å²) in [6, 6.07) is 15.1. The SMILES string of the molecule is O=C(c1ccc(Cl)cc1)N1CCC[C@H](c2nc3ccccc3[nH]2)C1. The van der Waals surface area contributed by atoms with Gasteiger partial charge in [0.1, 0.15) is 5.82 Å². The van der Waals surface area contributed by atoms with Gasteiger partial charge in [-0.2, -0.15) is 0 Å². The summed E-state index contributed by atoms with van der Waals surface area (Å²) in [5.41, 5.74) is 2.71. The van der Waals surface area contributed by atoms with Crippen molar-refractivity contribution in [3.8, 4) is 0 Å². The molecule has 0 aliphatic carbocycles. The number of fused-ring (bicyclic) bond motifs is 1. The minimum atomic E-state index is 0.0625. The summed E-state index contributed by atoms with van der Waals surface area (Å²) in [5, 5.41) is 0.644. The third-order valence-electron chi connectivity index (χ3n) is 4.59. The Morgan fingerprint density at radius 2 is 1.96 bits per heavy atom. The Morgan fingerprint density at radius 3 is 2.75 bits per heavy atom. The van der Waals surface area contributed by atoms with E-state index in [9.17, 15) is 4.79 Å². The average Bonchev–Trinajstić information content (AvgIpc) is 3.06. The minimum Gasteiger partial charge on any atom is -0.342 e. The highest BCUT2D eigenvalue weighted by Crippen LogP contribution is 2.27. The first kappa shape index (κ1) is 15.2. The van der Waals surface area contributed by atoms with Crippen LogP contribution in [0.15, 0.2) is 48.5 Å². The third kappa shape index (κ3) is 2.89. The second-order valence-electron chi connectivity index (χ2n) is 6.24. The number of hydrogen-bond donors (Lipinski definition) is 1. The van der Waals surface area contributed by atoms with Gasteiger partial charge in [-0.15, -0.1) is 0 Å². The van der Waals surface area contributed by atoms with Crippen molar-refractivity contribution in [3.63, 3.8) is 0 Å². The van der Waals surface area contributed by atoms with Gasteiger partial charge >= 0.3 is 0 Å². The quantitative estimate of drug-likeness (QED) is 0.759. The van der Waals surface area contributed by atoms with Gasteiger partial charge in [0.05, 0.1) is 11.0 Å². The van der Waals surface area contributed by atoms with Crippen LogP contribution in [-0.2, 0) is 0 Å². The van der Waals surface area contributed by atoms with E-state index in [0.29, 0.717) is 17.1 Å². The molecule has 1 fully saturated rings. The molecule has 0 spiro atoms. The number of hydrogen-bond acceptors (Lipinski definition) is 2. The number of H-pyrrole nitrogens is 1. The van der Waals surface area contributed by atoms with E-state index in [0.717, 1.165) is 36.2 Å². The van der Waals surface area contributed by atoms with Crippen molar-refractivity contribution in [2.45, 2.75) is 18.8 Å². The molecule has 1 aliphatic heterocycles. The van der Waals surface area contributed by atoms with E-state index in [1.165, 1.54) is 0 Å². The van der Waals surface area contributed by atoms with Gasteiger partial charge in [0.2, 0.25) is 0 Å². The predicted octanol–water partition coefficient (Wildman–Crippen LogP) is 4.24. The molecule has 0 bridgehead atoms. The van der Waals surface area contributed by atoms with Gasteiger partial charge in [0, 0.05) is 29.6 Å². The number of halogens is 1. The van der Waals surface area contributed by atoms with Gasteiger partial charge in [-0.1, -0.05) is 23.7 Å². The van der Waals surface area contributed by atoms with Crippen molar-refractivity contribution >= 4 is 28.5 Å². The lowest BCUT2D eigenvalue weighted by atomic mass is 9.96. The molecule has 5 heteroatoms. The van der Waals surface area contributed by atoms with Gasteiger partial charge in [-0.25, -0.2) is 4.98 Å². The van der Waals surface area contributed by atoms with Crippen molar-refractivity contribution < 1.29 is 4.79 Å². The second-order valence-corrected chi connectivity index (χ2v) is 6.67. The molecule has 1 amide bonds. The van der Waals surface area contributed by atoms with Crippen LogP contribution in [-0.4, -0.2) is 33.9 Å². The minimum absolute atomic E-state index is 0.0625. The molecule has 2 heterocycles. The number of piperidine rings is 1. The molecule has 1 N–H and O–H groups in total. The summed E-state index contributed by atoms with van der Waals surface area (Å²) >= 11 is 5.91. The molecule has 2 aromatic carbocycles. The molecule has 3 aromatic rings. The Hall–Kier alpha value is -2.33. The lowest BCUT2D eigenvalue weighted by Gasteiger charge is -2.32. The smallest absolute Gasteiger partial charge is 0.253 e. The Balaban J connectivity index is 1.54. The largest absolute Gasteiger partial charge is 0.342 e. The van der Waals surface area contributed by atoms with Crippen LogP contribution in [0.25, 0.3) is 11.0 Å². The van der Waals surface area contributed by atoms with E-state index in [-0.39, 0.29) is 11.8 Å². The van der Waals surface area contributed by atoms with Crippen molar-refractivity contribution in [1.82, 2.24) is 14.9 Å². The molecule has 1 aromatic heterocycles. The molecule has 122 valence electrons. The van der Waals surface area contributed by atoms with Gasteiger partial charge in [0.25, 0.3) is 5.91 Å². The number of nitrogens with zero attached hydrogens (tertiary/aromatic N) is 2. The van der Waals surface area contributed by atoms with Crippen LogP contribution >= 0.6 is 11.6 Å². The molecule has 1 atom stereocenters. The number of aromatic amines is 1. The van der Waals surface area contributed by atoms with Crippen molar-refractivity contribution in [2.24, 2.45) is 0 Å². The lowest BCUT2D eigenvalue weighted by Crippen LogP contribution is -2.39. The number of likely N-dealkylation sites (tertiary alicyclic amines) is 1. The van der Waals surface area contributed by atoms with E-state index in [1.807, 2.05) is 29.2 Å². The van der Waals surface area contributed by atoms with Gasteiger partial charge < -0.3 is 9.88 Å². The van der Waals surface area contributed by atoms with Crippen LogP contribution in [0.4, 0.5) is 0 Å². The summed E-state index contributed by atoms with van der Waals surface area (Å²) in [7, 11) is 0. The Labute approximate surface area is 145 Å². The summed E-state index contributed by atoms with van der Waals surface area (Å²) < 4.78 is 0. The van der Waals surface area contributed by atoms with Crippen LogP contribution < -0.4 is 0 Å². The fourth-order valence-electron chi connectivity index (χ4n) is 3.33. The van der Waals surface area contributed by atoms with Gasteiger partial charge in [-0.05, 0) is 49.2 Å². The zero-order valence-electron chi connectivity index (χ0n) is 13.2. The van der Waals surface area contributed by atoms with Crippen molar-refractivity contribution in [3.05, 3.63) is 64.9 Å². The first-order chi connectivity index (χ1) is 11.7. The summed E-state index contributed by atoms with van der Waals surface area (Å²) in [6.07, 6.45) is 2.03. The standard InChI is InChI=1S/C19H18ClN3O/c20-15-9-7-13(8-10-15)19(24)23-11-3-4-14(12-23)18-21-16-5-1-2-6-17(16)22-18/h1-2,5-10,14H,3-4,11-12H2,(H,21,22)/t14-/m0/s1. The molecule has 1 aliphatic rings.